The summed E-state index contributed by atoms with van der Waals surface area (Å²) in [4.78, 5) is 2.17. The smallest absolute Gasteiger partial charge is 0.129 e. The van der Waals surface area contributed by atoms with E-state index in [2.05, 4.69) is 120 Å². The summed E-state index contributed by atoms with van der Waals surface area (Å²) in [6.07, 6.45) is 0. The first-order chi connectivity index (χ1) is 15.4. The van der Waals surface area contributed by atoms with Gasteiger partial charge in [-0.1, -0.05) is 112 Å². The van der Waals surface area contributed by atoms with Crippen LogP contribution in [-0.4, -0.2) is 22.4 Å². The summed E-state index contributed by atoms with van der Waals surface area (Å²) in [6, 6.07) is 29.4. The molecule has 1 fully saturated rings. The predicted octanol–water partition coefficient (Wildman–Crippen LogP) is 6.67. The van der Waals surface area contributed by atoms with Gasteiger partial charge >= 0.3 is 0 Å². The summed E-state index contributed by atoms with van der Waals surface area (Å²) < 4.78 is 3.46. The van der Waals surface area contributed by atoms with Gasteiger partial charge in [0.2, 0.25) is 0 Å². The molecule has 0 aromatic heterocycles. The van der Waals surface area contributed by atoms with Crippen molar-refractivity contribution in [2.75, 3.05) is 10.5 Å². The van der Waals surface area contributed by atoms with Gasteiger partial charge in [0.15, 0.2) is 0 Å². The molecule has 0 unspecified atom stereocenters. The van der Waals surface area contributed by atoms with Crippen molar-refractivity contribution >= 4 is 26.8 Å². The molecule has 4 rings (SSSR count). The fourth-order valence-corrected chi connectivity index (χ4v) is 4.90. The molecule has 33 heavy (non-hydrogen) atoms. The van der Waals surface area contributed by atoms with Gasteiger partial charge in [-0.05, 0) is 34.6 Å². The molecule has 3 aromatic rings. The van der Waals surface area contributed by atoms with Crippen molar-refractivity contribution in [1.29, 1.82) is 0 Å². The summed E-state index contributed by atoms with van der Waals surface area (Å²) in [7, 11) is -1.30. The first kappa shape index (κ1) is 24.3. The van der Waals surface area contributed by atoms with Crippen LogP contribution in [-0.2, 0) is 12.1 Å². The van der Waals surface area contributed by atoms with Gasteiger partial charge in [0.25, 0.3) is 0 Å². The summed E-state index contributed by atoms with van der Waals surface area (Å²) in [5, 5.41) is 3.68. The van der Waals surface area contributed by atoms with Crippen LogP contribution in [0.2, 0.25) is 0 Å². The molecule has 1 aliphatic heterocycles. The number of benzene rings is 3. The van der Waals surface area contributed by atoms with Gasteiger partial charge < -0.3 is 14.9 Å². The lowest BCUT2D eigenvalue weighted by Gasteiger charge is -2.32. The van der Waals surface area contributed by atoms with Crippen molar-refractivity contribution in [3.05, 3.63) is 126 Å². The Hall–Kier alpha value is -3.37. The maximum absolute atomic E-state index is 4.54. The molecular weight excluding hydrogens is 422 g/mol. The van der Waals surface area contributed by atoms with E-state index in [9.17, 15) is 0 Å². The van der Waals surface area contributed by atoms with Gasteiger partial charge in [-0.3, -0.25) is 0 Å². The lowest BCUT2D eigenvalue weighted by molar-refractivity contribution is 0.437. The molecule has 3 aromatic carbocycles. The molecule has 0 radical (unpaired) electrons. The zero-order valence-electron chi connectivity index (χ0n) is 18.7. The zero-order valence-corrected chi connectivity index (χ0v) is 19.5. The highest BCUT2D eigenvalue weighted by molar-refractivity contribution is 8.28. The summed E-state index contributed by atoms with van der Waals surface area (Å²) in [5.74, 6) is 10.2. The zero-order chi connectivity index (χ0) is 22.8. The molecule has 0 atom stereocenters. The molecule has 1 heterocycles. The number of nitrogens with zero attached hydrogens (tertiary/aromatic N) is 1. The number of hydrogen-bond donors (Lipinski definition) is 2. The van der Waals surface area contributed by atoms with Crippen LogP contribution in [0.1, 0.15) is 31.0 Å². The molecule has 172 valence electrons. The molecule has 2 N–H and O–H groups in total. The van der Waals surface area contributed by atoms with Crippen molar-refractivity contribution in [3.63, 3.8) is 0 Å². The van der Waals surface area contributed by atoms with Crippen molar-refractivity contribution in [2.45, 2.75) is 26.4 Å². The molecule has 1 aliphatic rings. The topological polar surface area (TPSA) is 27.3 Å². The summed E-state index contributed by atoms with van der Waals surface area (Å²) >= 11 is 0. The SMILES string of the molecule is C.C=C1NC(c2ccccc2)(c2ccccc2)C(=C)N1Cc1ccc(NS(=C)(=C)CC)cc1. The highest BCUT2D eigenvalue weighted by Gasteiger charge is 2.46. The first-order valence-electron chi connectivity index (χ1n) is 10.7. The second-order valence-electron chi connectivity index (χ2n) is 8.22. The minimum Gasteiger partial charge on any atom is -0.353 e. The number of hydrogen-bond acceptors (Lipinski definition) is 3. The van der Waals surface area contributed by atoms with Gasteiger partial charge in [0.1, 0.15) is 5.54 Å². The predicted molar refractivity (Wildman–Crippen MR) is 150 cm³/mol. The third kappa shape index (κ3) is 4.71. The maximum Gasteiger partial charge on any atom is 0.129 e. The molecule has 0 saturated carbocycles. The molecular formula is C29H35N3S. The van der Waals surface area contributed by atoms with Crippen LogP contribution in [0.5, 0.6) is 0 Å². The minimum atomic E-state index is -1.30. The van der Waals surface area contributed by atoms with E-state index in [-0.39, 0.29) is 7.43 Å². The fraction of sp³-hybridized carbons (Fsp3) is 0.172. The van der Waals surface area contributed by atoms with Gasteiger partial charge in [0.05, 0.1) is 5.82 Å². The largest absolute Gasteiger partial charge is 0.353 e. The average molecular weight is 458 g/mol. The van der Waals surface area contributed by atoms with Crippen LogP contribution in [0, 0.1) is 0 Å². The molecule has 0 aliphatic carbocycles. The van der Waals surface area contributed by atoms with Gasteiger partial charge in [-0.25, -0.2) is 0 Å². The Balaban J connectivity index is 0.00000306. The number of rotatable bonds is 7. The van der Waals surface area contributed by atoms with Crippen LogP contribution >= 0.6 is 9.39 Å². The van der Waals surface area contributed by atoms with Crippen molar-refractivity contribution in [3.8, 4) is 0 Å². The Morgan fingerprint density at radius 3 is 1.85 bits per heavy atom. The van der Waals surface area contributed by atoms with E-state index in [0.29, 0.717) is 6.54 Å². The van der Waals surface area contributed by atoms with Gasteiger partial charge in [-0.15, -0.1) is 9.39 Å². The summed E-state index contributed by atoms with van der Waals surface area (Å²) in [6.45, 7) is 11.7. The molecule has 4 heteroatoms. The maximum atomic E-state index is 4.54. The standard InChI is InChI=1S/C28H31N3S.CH4/c1-6-32(4,5)30-27-19-17-24(18-20-27)21-31-22(2)28(29-23(31)3,25-13-9-7-10-14-25)26-15-11-8-12-16-26;/h7-20,29-30H,2-6,21H2,1H3;1H4. The van der Waals surface area contributed by atoms with Crippen molar-refractivity contribution in [1.82, 2.24) is 10.2 Å². The van der Waals surface area contributed by atoms with E-state index in [4.69, 9.17) is 0 Å². The van der Waals surface area contributed by atoms with Crippen LogP contribution in [0.25, 0.3) is 0 Å². The lowest BCUT2D eigenvalue weighted by atomic mass is 9.81. The lowest BCUT2D eigenvalue weighted by Crippen LogP contribution is -2.38. The second kappa shape index (κ2) is 9.63. The Morgan fingerprint density at radius 2 is 1.36 bits per heavy atom. The monoisotopic (exact) mass is 457 g/mol. The molecule has 1 saturated heterocycles. The molecule has 3 nitrogen and oxygen atoms in total. The van der Waals surface area contributed by atoms with Gasteiger partial charge in [-0.2, -0.15) is 0 Å². The Kier molecular flexibility index (Phi) is 7.09. The normalized spacial score (nSPS) is 15.0. The van der Waals surface area contributed by atoms with Crippen LogP contribution in [0.4, 0.5) is 5.69 Å². The van der Waals surface area contributed by atoms with Crippen LogP contribution in [0.3, 0.4) is 0 Å². The van der Waals surface area contributed by atoms with E-state index in [1.165, 1.54) is 5.56 Å². The number of nitrogens with one attached hydrogen (secondary N) is 2. The van der Waals surface area contributed by atoms with Gasteiger partial charge in [0, 0.05) is 17.9 Å². The van der Waals surface area contributed by atoms with Crippen LogP contribution in [0.15, 0.2) is 110 Å². The fourth-order valence-electron chi connectivity index (χ4n) is 4.12. The third-order valence-corrected chi connectivity index (χ3v) is 7.79. The first-order valence-corrected chi connectivity index (χ1v) is 12.9. The molecule has 0 spiro atoms. The van der Waals surface area contributed by atoms with E-state index in [1.54, 1.807) is 0 Å². The quantitative estimate of drug-likeness (QED) is 0.388. The highest BCUT2D eigenvalue weighted by Crippen LogP contribution is 2.44. The minimum absolute atomic E-state index is 0. The average Bonchev–Trinajstić information content (AvgIpc) is 3.07. The second-order valence-corrected chi connectivity index (χ2v) is 11.1. The van der Waals surface area contributed by atoms with E-state index in [1.807, 2.05) is 12.1 Å². The van der Waals surface area contributed by atoms with E-state index >= 15 is 0 Å². The van der Waals surface area contributed by atoms with Crippen LogP contribution < -0.4 is 10.0 Å². The van der Waals surface area contributed by atoms with E-state index in [0.717, 1.165) is 34.1 Å². The Bertz CT molecular complexity index is 1170. The molecule has 0 amide bonds. The Morgan fingerprint density at radius 1 is 0.848 bits per heavy atom. The summed E-state index contributed by atoms with van der Waals surface area (Å²) in [5.41, 5.74) is 4.94. The van der Waals surface area contributed by atoms with Crippen molar-refractivity contribution < 1.29 is 0 Å². The highest BCUT2D eigenvalue weighted by atomic mass is 32.2. The van der Waals surface area contributed by atoms with E-state index < -0.39 is 14.9 Å². The number of anilines is 1. The third-order valence-electron chi connectivity index (χ3n) is 6.01. The molecule has 0 bridgehead atoms. The Labute approximate surface area is 200 Å². The van der Waals surface area contributed by atoms with Crippen molar-refractivity contribution in [2.24, 2.45) is 0 Å².